The highest BCUT2D eigenvalue weighted by Crippen LogP contribution is 2.21. The molecule has 1 fully saturated rings. The van der Waals surface area contributed by atoms with Gasteiger partial charge in [0.2, 0.25) is 0 Å². The minimum atomic E-state index is 0.227. The Morgan fingerprint density at radius 2 is 1.76 bits per heavy atom. The molecule has 3 heteroatoms. The lowest BCUT2D eigenvalue weighted by atomic mass is 9.98. The molecule has 1 aromatic rings. The second-order valence-electron chi connectivity index (χ2n) is 6.30. The highest BCUT2D eigenvalue weighted by molar-refractivity contribution is 5.37. The quantitative estimate of drug-likeness (QED) is 0.818. The van der Waals surface area contributed by atoms with E-state index >= 15 is 0 Å². The number of aryl methyl sites for hydroxylation is 3. The van der Waals surface area contributed by atoms with Gasteiger partial charge in [-0.05, 0) is 56.7 Å². The molecule has 0 unspecified atom stereocenters. The van der Waals surface area contributed by atoms with E-state index in [1.54, 1.807) is 0 Å². The van der Waals surface area contributed by atoms with Gasteiger partial charge in [0.05, 0.1) is 6.10 Å². The Balaban J connectivity index is 1.84. The number of hydrogen-bond acceptors (Lipinski definition) is 3. The zero-order valence-electron chi connectivity index (χ0n) is 13.7. The third-order valence-corrected chi connectivity index (χ3v) is 4.41. The smallest absolute Gasteiger partial charge is 0.0599 e. The zero-order chi connectivity index (χ0) is 15.2. The molecule has 0 saturated carbocycles. The van der Waals surface area contributed by atoms with Crippen LogP contribution < -0.4 is 0 Å². The summed E-state index contributed by atoms with van der Waals surface area (Å²) in [6.07, 6.45) is 3.35. The van der Waals surface area contributed by atoms with Gasteiger partial charge in [-0.15, -0.1) is 0 Å². The molecule has 0 atom stereocenters. The van der Waals surface area contributed by atoms with E-state index in [1.807, 2.05) is 0 Å². The van der Waals surface area contributed by atoms with Crippen LogP contribution in [0, 0.1) is 20.8 Å². The van der Waals surface area contributed by atoms with Crippen molar-refractivity contribution in [1.29, 1.82) is 0 Å². The summed E-state index contributed by atoms with van der Waals surface area (Å²) in [6, 6.07) is 4.57. The molecule has 0 aromatic heterocycles. The highest BCUT2D eigenvalue weighted by atomic mass is 16.5. The fourth-order valence-corrected chi connectivity index (χ4v) is 3.23. The minimum absolute atomic E-state index is 0.227. The Morgan fingerprint density at radius 3 is 2.33 bits per heavy atom. The third kappa shape index (κ3) is 4.80. The number of hydrogen-bond donors (Lipinski definition) is 1. The lowest BCUT2D eigenvalue weighted by Gasteiger charge is -2.32. The molecule has 0 radical (unpaired) electrons. The Hall–Kier alpha value is -0.900. The van der Waals surface area contributed by atoms with Crippen molar-refractivity contribution in [2.45, 2.75) is 52.7 Å². The molecule has 1 aliphatic rings. The normalized spacial score (nSPS) is 17.3. The molecule has 1 heterocycles. The molecule has 0 bridgehead atoms. The summed E-state index contributed by atoms with van der Waals surface area (Å²) in [5.74, 6) is 0. The largest absolute Gasteiger partial charge is 0.396 e. The fraction of sp³-hybridized carbons (Fsp3) is 0.667. The summed E-state index contributed by atoms with van der Waals surface area (Å²) in [4.78, 5) is 2.54. The molecule has 0 amide bonds. The van der Waals surface area contributed by atoms with E-state index in [1.165, 1.54) is 22.3 Å². The average Bonchev–Trinajstić information content (AvgIpc) is 2.44. The van der Waals surface area contributed by atoms with Gasteiger partial charge in [-0.3, -0.25) is 4.90 Å². The van der Waals surface area contributed by atoms with Gasteiger partial charge < -0.3 is 9.84 Å². The van der Waals surface area contributed by atoms with E-state index in [0.29, 0.717) is 12.7 Å². The Bertz CT molecular complexity index is 428. The van der Waals surface area contributed by atoms with Crippen molar-refractivity contribution in [2.75, 3.05) is 26.3 Å². The van der Waals surface area contributed by atoms with Gasteiger partial charge in [0, 0.05) is 32.8 Å². The molecule has 118 valence electrons. The van der Waals surface area contributed by atoms with Crippen molar-refractivity contribution in [3.8, 4) is 0 Å². The number of piperidine rings is 1. The fourth-order valence-electron chi connectivity index (χ4n) is 3.23. The number of benzene rings is 1. The first-order valence-corrected chi connectivity index (χ1v) is 8.11. The molecule has 1 aromatic carbocycles. The van der Waals surface area contributed by atoms with Gasteiger partial charge in [0.25, 0.3) is 0 Å². The standard InChI is InChI=1S/C18H29NO2/c1-14-11-15(2)18(16(3)12-14)13-19-7-5-17(6-8-19)21-10-4-9-20/h11-12,17,20H,4-10,13H2,1-3H3. The van der Waals surface area contributed by atoms with Crippen molar-refractivity contribution < 1.29 is 9.84 Å². The molecule has 1 aliphatic heterocycles. The van der Waals surface area contributed by atoms with E-state index in [0.717, 1.165) is 38.9 Å². The predicted octanol–water partition coefficient (Wildman–Crippen LogP) is 2.98. The van der Waals surface area contributed by atoms with Gasteiger partial charge in [-0.2, -0.15) is 0 Å². The topological polar surface area (TPSA) is 32.7 Å². The van der Waals surface area contributed by atoms with E-state index in [-0.39, 0.29) is 6.61 Å². The van der Waals surface area contributed by atoms with E-state index in [9.17, 15) is 0 Å². The van der Waals surface area contributed by atoms with Gasteiger partial charge in [-0.1, -0.05) is 17.7 Å². The summed E-state index contributed by atoms with van der Waals surface area (Å²) >= 11 is 0. The lowest BCUT2D eigenvalue weighted by molar-refractivity contribution is 0.000734. The van der Waals surface area contributed by atoms with Crippen molar-refractivity contribution in [3.63, 3.8) is 0 Å². The number of likely N-dealkylation sites (tertiary alicyclic amines) is 1. The molecule has 2 rings (SSSR count). The Morgan fingerprint density at radius 1 is 1.14 bits per heavy atom. The van der Waals surface area contributed by atoms with E-state index in [2.05, 4.69) is 37.8 Å². The first kappa shape index (κ1) is 16.5. The van der Waals surface area contributed by atoms with Crippen LogP contribution in [0.25, 0.3) is 0 Å². The molecule has 21 heavy (non-hydrogen) atoms. The third-order valence-electron chi connectivity index (χ3n) is 4.41. The number of aliphatic hydroxyl groups is 1. The Labute approximate surface area is 128 Å². The summed E-state index contributed by atoms with van der Waals surface area (Å²) < 4.78 is 5.80. The molecule has 1 N–H and O–H groups in total. The first-order valence-electron chi connectivity index (χ1n) is 8.11. The summed E-state index contributed by atoms with van der Waals surface area (Å²) in [5.41, 5.74) is 5.66. The number of aliphatic hydroxyl groups excluding tert-OH is 1. The van der Waals surface area contributed by atoms with E-state index < -0.39 is 0 Å². The summed E-state index contributed by atoms with van der Waals surface area (Å²) in [6.45, 7) is 10.8. The average molecular weight is 291 g/mol. The van der Waals surface area contributed by atoms with Crippen LogP contribution in [0.3, 0.4) is 0 Å². The van der Waals surface area contributed by atoms with Crippen LogP contribution in [0.2, 0.25) is 0 Å². The van der Waals surface area contributed by atoms with Crippen LogP contribution in [0.1, 0.15) is 41.5 Å². The minimum Gasteiger partial charge on any atom is -0.396 e. The van der Waals surface area contributed by atoms with Crippen molar-refractivity contribution in [1.82, 2.24) is 4.90 Å². The summed E-state index contributed by atoms with van der Waals surface area (Å²) in [5, 5.41) is 8.79. The molecular weight excluding hydrogens is 262 g/mol. The van der Waals surface area contributed by atoms with Crippen LogP contribution in [0.4, 0.5) is 0 Å². The maximum atomic E-state index is 8.79. The second-order valence-corrected chi connectivity index (χ2v) is 6.30. The molecule has 1 saturated heterocycles. The van der Waals surface area contributed by atoms with Crippen LogP contribution in [0.5, 0.6) is 0 Å². The van der Waals surface area contributed by atoms with Gasteiger partial charge in [0.1, 0.15) is 0 Å². The summed E-state index contributed by atoms with van der Waals surface area (Å²) in [7, 11) is 0. The van der Waals surface area contributed by atoms with Crippen LogP contribution in [-0.4, -0.2) is 42.4 Å². The van der Waals surface area contributed by atoms with Gasteiger partial charge in [-0.25, -0.2) is 0 Å². The van der Waals surface area contributed by atoms with E-state index in [4.69, 9.17) is 9.84 Å². The van der Waals surface area contributed by atoms with Crippen molar-refractivity contribution in [2.24, 2.45) is 0 Å². The van der Waals surface area contributed by atoms with Crippen molar-refractivity contribution >= 4 is 0 Å². The molecule has 0 spiro atoms. The van der Waals surface area contributed by atoms with Crippen LogP contribution in [-0.2, 0) is 11.3 Å². The molecule has 3 nitrogen and oxygen atoms in total. The zero-order valence-corrected chi connectivity index (χ0v) is 13.7. The van der Waals surface area contributed by atoms with Crippen LogP contribution in [0.15, 0.2) is 12.1 Å². The maximum Gasteiger partial charge on any atom is 0.0599 e. The second kappa shape index (κ2) is 7.92. The van der Waals surface area contributed by atoms with Gasteiger partial charge >= 0.3 is 0 Å². The first-order chi connectivity index (χ1) is 10.1. The molecular formula is C18H29NO2. The molecule has 0 aliphatic carbocycles. The number of rotatable bonds is 6. The Kier molecular flexibility index (Phi) is 6.22. The van der Waals surface area contributed by atoms with Crippen molar-refractivity contribution in [3.05, 3.63) is 34.4 Å². The SMILES string of the molecule is Cc1cc(C)c(CN2CCC(OCCCO)CC2)c(C)c1. The monoisotopic (exact) mass is 291 g/mol. The van der Waals surface area contributed by atoms with Crippen LogP contribution >= 0.6 is 0 Å². The predicted molar refractivity (Wildman–Crippen MR) is 86.6 cm³/mol. The maximum absolute atomic E-state index is 8.79. The highest BCUT2D eigenvalue weighted by Gasteiger charge is 2.20. The number of ether oxygens (including phenoxy) is 1. The van der Waals surface area contributed by atoms with Gasteiger partial charge in [0.15, 0.2) is 0 Å². The number of nitrogens with zero attached hydrogens (tertiary/aromatic N) is 1. The lowest BCUT2D eigenvalue weighted by Crippen LogP contribution is -2.37.